The van der Waals surface area contributed by atoms with Gasteiger partial charge in [0, 0.05) is 17.8 Å². The molecule has 0 saturated heterocycles. The lowest BCUT2D eigenvalue weighted by Crippen LogP contribution is -2.21. The van der Waals surface area contributed by atoms with Crippen LogP contribution in [0.15, 0.2) is 53.5 Å². The van der Waals surface area contributed by atoms with Crippen molar-refractivity contribution in [1.29, 1.82) is 0 Å². The molecule has 4 heteroatoms. The molecule has 1 aromatic heterocycles. The normalized spacial score (nSPS) is 9.65. The molecule has 102 valence electrons. The fraction of sp³-hybridized carbons (Fsp3) is 0.188. The number of hydrogen-bond acceptors (Lipinski definition) is 3. The largest absolute Gasteiger partial charge is 0.492 e. The number of pyridine rings is 1. The molecule has 0 saturated carbocycles. The van der Waals surface area contributed by atoms with E-state index in [4.69, 9.17) is 10.5 Å². The summed E-state index contributed by atoms with van der Waals surface area (Å²) in [6.07, 6.45) is 1.75. The second kappa shape index (κ2) is 7.17. The van der Waals surface area contributed by atoms with Gasteiger partial charge in [0.05, 0.1) is 13.1 Å². The summed E-state index contributed by atoms with van der Waals surface area (Å²) in [4.78, 5) is 11.5. The molecule has 0 spiro atoms. The van der Waals surface area contributed by atoms with Crippen LogP contribution in [0.25, 0.3) is 0 Å². The van der Waals surface area contributed by atoms with Gasteiger partial charge >= 0.3 is 0 Å². The van der Waals surface area contributed by atoms with Crippen LogP contribution in [-0.4, -0.2) is 17.7 Å². The molecule has 0 amide bonds. The molecule has 0 unspecified atom stereocenters. The van der Waals surface area contributed by atoms with Crippen LogP contribution in [-0.2, 0) is 6.54 Å². The van der Waals surface area contributed by atoms with Gasteiger partial charge in [-0.2, -0.15) is 0 Å². The highest BCUT2D eigenvalue weighted by Crippen LogP contribution is 2.11. The molecule has 0 atom stereocenters. The van der Waals surface area contributed by atoms with Gasteiger partial charge in [0.25, 0.3) is 5.56 Å². The Balaban J connectivity index is 1.88. The first-order valence-electron chi connectivity index (χ1n) is 6.37. The van der Waals surface area contributed by atoms with Crippen LogP contribution in [0.3, 0.4) is 0 Å². The molecule has 1 aromatic carbocycles. The lowest BCUT2D eigenvalue weighted by Gasteiger charge is -2.07. The zero-order valence-corrected chi connectivity index (χ0v) is 11.1. The van der Waals surface area contributed by atoms with Crippen molar-refractivity contribution in [2.45, 2.75) is 6.54 Å². The predicted octanol–water partition coefficient (Wildman–Crippen LogP) is 1.24. The fourth-order valence-corrected chi connectivity index (χ4v) is 1.69. The molecular formula is C16H16N2O2. The third kappa shape index (κ3) is 4.01. The van der Waals surface area contributed by atoms with Crippen LogP contribution in [0, 0.1) is 11.8 Å². The monoisotopic (exact) mass is 268 g/mol. The maximum atomic E-state index is 11.5. The van der Waals surface area contributed by atoms with E-state index in [0.29, 0.717) is 19.7 Å². The van der Waals surface area contributed by atoms with Crippen molar-refractivity contribution in [2.24, 2.45) is 5.73 Å². The fourth-order valence-electron chi connectivity index (χ4n) is 1.69. The van der Waals surface area contributed by atoms with Gasteiger partial charge in [-0.25, -0.2) is 0 Å². The van der Waals surface area contributed by atoms with Gasteiger partial charge in [0.1, 0.15) is 12.4 Å². The van der Waals surface area contributed by atoms with Crippen molar-refractivity contribution in [3.63, 3.8) is 0 Å². The van der Waals surface area contributed by atoms with E-state index in [1.807, 2.05) is 30.3 Å². The first-order valence-corrected chi connectivity index (χ1v) is 6.37. The molecule has 1 heterocycles. The van der Waals surface area contributed by atoms with Gasteiger partial charge in [0.15, 0.2) is 0 Å². The van der Waals surface area contributed by atoms with E-state index in [9.17, 15) is 4.79 Å². The molecule has 0 aliphatic carbocycles. The number of aromatic nitrogens is 1. The third-order valence-electron chi connectivity index (χ3n) is 2.69. The Morgan fingerprint density at radius 2 is 1.95 bits per heavy atom. The Kier molecular flexibility index (Phi) is 4.99. The summed E-state index contributed by atoms with van der Waals surface area (Å²) < 4.78 is 7.20. The minimum atomic E-state index is -0.0245. The molecule has 0 fully saturated rings. The lowest BCUT2D eigenvalue weighted by atomic mass is 10.2. The lowest BCUT2D eigenvalue weighted by molar-refractivity contribution is 0.296. The number of rotatable bonds is 4. The second-order valence-electron chi connectivity index (χ2n) is 4.11. The van der Waals surface area contributed by atoms with E-state index >= 15 is 0 Å². The SMILES string of the molecule is NCC#Cc1ccc(OCCn2ccccc2=O)cc1. The first-order chi connectivity index (χ1) is 9.79. The van der Waals surface area contributed by atoms with Gasteiger partial charge in [0.2, 0.25) is 0 Å². The molecular weight excluding hydrogens is 252 g/mol. The minimum absolute atomic E-state index is 0.0245. The van der Waals surface area contributed by atoms with E-state index in [1.54, 1.807) is 16.8 Å². The summed E-state index contributed by atoms with van der Waals surface area (Å²) in [5.74, 6) is 6.50. The van der Waals surface area contributed by atoms with Crippen LogP contribution >= 0.6 is 0 Å². The number of nitrogens with zero attached hydrogens (tertiary/aromatic N) is 1. The average Bonchev–Trinajstić information content (AvgIpc) is 2.48. The summed E-state index contributed by atoms with van der Waals surface area (Å²) in [6, 6.07) is 12.6. The summed E-state index contributed by atoms with van der Waals surface area (Å²) in [5.41, 5.74) is 6.19. The molecule has 20 heavy (non-hydrogen) atoms. The smallest absolute Gasteiger partial charge is 0.250 e. The Morgan fingerprint density at radius 3 is 2.65 bits per heavy atom. The van der Waals surface area contributed by atoms with Crippen molar-refractivity contribution in [3.05, 3.63) is 64.6 Å². The average molecular weight is 268 g/mol. The maximum absolute atomic E-state index is 11.5. The summed E-state index contributed by atoms with van der Waals surface area (Å²) in [6.45, 7) is 1.32. The van der Waals surface area contributed by atoms with Gasteiger partial charge < -0.3 is 15.0 Å². The van der Waals surface area contributed by atoms with Gasteiger partial charge in [-0.1, -0.05) is 17.9 Å². The third-order valence-corrected chi connectivity index (χ3v) is 2.69. The molecule has 0 bridgehead atoms. The zero-order chi connectivity index (χ0) is 14.2. The van der Waals surface area contributed by atoms with Crippen molar-refractivity contribution in [3.8, 4) is 17.6 Å². The van der Waals surface area contributed by atoms with Crippen LogP contribution in [0.4, 0.5) is 0 Å². The van der Waals surface area contributed by atoms with Gasteiger partial charge in [-0.05, 0) is 30.3 Å². The number of ether oxygens (including phenoxy) is 1. The summed E-state index contributed by atoms with van der Waals surface area (Å²) in [5, 5.41) is 0. The minimum Gasteiger partial charge on any atom is -0.492 e. The van der Waals surface area contributed by atoms with E-state index < -0.39 is 0 Å². The molecule has 4 nitrogen and oxygen atoms in total. The van der Waals surface area contributed by atoms with Gasteiger partial charge in [-0.15, -0.1) is 0 Å². The molecule has 0 aliphatic heterocycles. The molecule has 2 aromatic rings. The Morgan fingerprint density at radius 1 is 1.15 bits per heavy atom. The van der Waals surface area contributed by atoms with Crippen LogP contribution in [0.5, 0.6) is 5.75 Å². The molecule has 2 N–H and O–H groups in total. The highest BCUT2D eigenvalue weighted by Gasteiger charge is 1.96. The van der Waals surface area contributed by atoms with E-state index in [1.165, 1.54) is 6.07 Å². The number of nitrogens with two attached hydrogens (primary N) is 1. The molecule has 0 aliphatic rings. The van der Waals surface area contributed by atoms with E-state index in [2.05, 4.69) is 11.8 Å². The van der Waals surface area contributed by atoms with Crippen molar-refractivity contribution in [2.75, 3.05) is 13.2 Å². The Labute approximate surface area is 117 Å². The topological polar surface area (TPSA) is 57.2 Å². The number of benzene rings is 1. The van der Waals surface area contributed by atoms with Gasteiger partial charge in [-0.3, -0.25) is 4.79 Å². The van der Waals surface area contributed by atoms with Crippen LogP contribution < -0.4 is 16.0 Å². The summed E-state index contributed by atoms with van der Waals surface area (Å²) in [7, 11) is 0. The quantitative estimate of drug-likeness (QED) is 0.849. The van der Waals surface area contributed by atoms with Crippen molar-refractivity contribution >= 4 is 0 Å². The summed E-state index contributed by atoms with van der Waals surface area (Å²) >= 11 is 0. The molecule has 2 rings (SSSR count). The van der Waals surface area contributed by atoms with E-state index in [-0.39, 0.29) is 5.56 Å². The Bertz CT molecular complexity index is 663. The predicted molar refractivity (Wildman–Crippen MR) is 78.6 cm³/mol. The molecule has 0 radical (unpaired) electrons. The highest BCUT2D eigenvalue weighted by atomic mass is 16.5. The maximum Gasteiger partial charge on any atom is 0.250 e. The van der Waals surface area contributed by atoms with Crippen molar-refractivity contribution < 1.29 is 4.74 Å². The first kappa shape index (κ1) is 13.9. The van der Waals surface area contributed by atoms with Crippen LogP contribution in [0.1, 0.15) is 5.56 Å². The number of hydrogen-bond donors (Lipinski definition) is 1. The van der Waals surface area contributed by atoms with Crippen LogP contribution in [0.2, 0.25) is 0 Å². The van der Waals surface area contributed by atoms with E-state index in [0.717, 1.165) is 11.3 Å². The Hall–Kier alpha value is -2.51. The highest BCUT2D eigenvalue weighted by molar-refractivity contribution is 5.38. The standard InChI is InChI=1S/C16H16N2O2/c17-10-3-4-14-6-8-15(9-7-14)20-13-12-18-11-2-1-5-16(18)19/h1-2,5-9,11H,10,12-13,17H2. The second-order valence-corrected chi connectivity index (χ2v) is 4.11. The zero-order valence-electron chi connectivity index (χ0n) is 11.1. The van der Waals surface area contributed by atoms with Crippen molar-refractivity contribution in [1.82, 2.24) is 4.57 Å².